The monoisotopic (exact) mass is 493 g/mol. The Morgan fingerprint density at radius 1 is 0.943 bits per heavy atom. The summed E-state index contributed by atoms with van der Waals surface area (Å²) in [6.45, 7) is 4.80. The lowest BCUT2D eigenvalue weighted by molar-refractivity contribution is -0.0797. The number of halogens is 4. The van der Waals surface area contributed by atoms with E-state index >= 15 is 17.6 Å². The molecule has 1 heterocycles. The van der Waals surface area contributed by atoms with Gasteiger partial charge in [-0.1, -0.05) is 71.6 Å². The molecular weight excluding hydrogens is 454 g/mol. The van der Waals surface area contributed by atoms with E-state index in [-0.39, 0.29) is 29.5 Å². The molecule has 0 fully saturated rings. The maximum absolute atomic E-state index is 15.4. The van der Waals surface area contributed by atoms with Gasteiger partial charge in [-0.2, -0.15) is 0 Å². The molecule has 1 aliphatic rings. The lowest BCUT2D eigenvalue weighted by Crippen LogP contribution is -2.32. The van der Waals surface area contributed by atoms with E-state index < -0.39 is 29.0 Å². The number of alkyl halides is 2. The third-order valence-corrected chi connectivity index (χ3v) is 7.11. The van der Waals surface area contributed by atoms with Crippen LogP contribution in [-0.2, 0) is 12.3 Å². The van der Waals surface area contributed by atoms with Crippen LogP contribution in [0.15, 0.2) is 24.4 Å². The van der Waals surface area contributed by atoms with Crippen molar-refractivity contribution in [3.05, 3.63) is 47.2 Å². The van der Waals surface area contributed by atoms with Crippen LogP contribution in [0.1, 0.15) is 102 Å². The van der Waals surface area contributed by atoms with Crippen molar-refractivity contribution >= 4 is 0 Å². The maximum atomic E-state index is 15.4. The fourth-order valence-electron chi connectivity index (χ4n) is 5.00. The third-order valence-electron chi connectivity index (χ3n) is 7.11. The molecule has 0 amide bonds. The van der Waals surface area contributed by atoms with Gasteiger partial charge in [0.2, 0.25) is 5.88 Å². The standard InChI is InChI=1S/C29H39F4NO/c1-3-5-7-9-10-11-13-22-15-16-23-24(29(22,32)33)19-25(30)27(28(23)31)21-14-17-26(34-20-21)35-18-12-8-6-4-2/h14,17,19-20,22H,3-13,15-16,18H2,1-2H3. The van der Waals surface area contributed by atoms with Crippen LogP contribution in [0.3, 0.4) is 0 Å². The maximum Gasteiger partial charge on any atom is 0.276 e. The minimum atomic E-state index is -3.23. The van der Waals surface area contributed by atoms with E-state index in [1.165, 1.54) is 12.3 Å². The van der Waals surface area contributed by atoms with Crippen LogP contribution in [0, 0.1) is 17.6 Å². The van der Waals surface area contributed by atoms with Crippen molar-refractivity contribution in [2.75, 3.05) is 6.61 Å². The largest absolute Gasteiger partial charge is 0.478 e. The number of aromatic nitrogens is 1. The Hall–Kier alpha value is -2.11. The minimum Gasteiger partial charge on any atom is -0.478 e. The first-order chi connectivity index (χ1) is 16.9. The van der Waals surface area contributed by atoms with Gasteiger partial charge >= 0.3 is 0 Å². The molecule has 0 bridgehead atoms. The predicted octanol–water partition coefficient (Wildman–Crippen LogP) is 9.39. The molecule has 35 heavy (non-hydrogen) atoms. The molecule has 1 aromatic heterocycles. The normalized spacial score (nSPS) is 16.8. The molecular formula is C29H39F4NO. The van der Waals surface area contributed by atoms with Crippen molar-refractivity contribution in [2.24, 2.45) is 5.92 Å². The molecule has 0 saturated carbocycles. The van der Waals surface area contributed by atoms with Crippen LogP contribution in [-0.4, -0.2) is 11.6 Å². The Labute approximate surface area is 207 Å². The Kier molecular flexibility index (Phi) is 10.4. The zero-order valence-corrected chi connectivity index (χ0v) is 21.2. The van der Waals surface area contributed by atoms with Gasteiger partial charge in [0.25, 0.3) is 5.92 Å². The summed E-state index contributed by atoms with van der Waals surface area (Å²) in [7, 11) is 0. The molecule has 0 radical (unpaired) electrons. The van der Waals surface area contributed by atoms with Crippen LogP contribution in [0.25, 0.3) is 11.1 Å². The Morgan fingerprint density at radius 2 is 1.63 bits per heavy atom. The Morgan fingerprint density at radius 3 is 2.31 bits per heavy atom. The van der Waals surface area contributed by atoms with E-state index in [4.69, 9.17) is 4.74 Å². The second kappa shape index (κ2) is 13.3. The van der Waals surface area contributed by atoms with E-state index in [1.54, 1.807) is 6.07 Å². The zero-order chi connectivity index (χ0) is 25.3. The molecule has 6 heteroatoms. The van der Waals surface area contributed by atoms with Gasteiger partial charge in [-0.3, -0.25) is 0 Å². The number of hydrogen-bond donors (Lipinski definition) is 0. The summed E-state index contributed by atoms with van der Waals surface area (Å²) in [6.07, 6.45) is 12.5. The average Bonchev–Trinajstić information content (AvgIpc) is 2.84. The summed E-state index contributed by atoms with van der Waals surface area (Å²) in [5.41, 5.74) is -0.630. The van der Waals surface area contributed by atoms with Crippen molar-refractivity contribution in [3.8, 4) is 17.0 Å². The number of rotatable bonds is 14. The van der Waals surface area contributed by atoms with Gasteiger partial charge in [0.05, 0.1) is 12.2 Å². The van der Waals surface area contributed by atoms with Crippen molar-refractivity contribution in [3.63, 3.8) is 0 Å². The van der Waals surface area contributed by atoms with E-state index in [0.717, 1.165) is 70.3 Å². The molecule has 194 valence electrons. The van der Waals surface area contributed by atoms with E-state index in [9.17, 15) is 0 Å². The lowest BCUT2D eigenvalue weighted by atomic mass is 9.77. The highest BCUT2D eigenvalue weighted by molar-refractivity contribution is 5.67. The summed E-state index contributed by atoms with van der Waals surface area (Å²) >= 11 is 0. The van der Waals surface area contributed by atoms with Gasteiger partial charge in [0.1, 0.15) is 11.6 Å². The topological polar surface area (TPSA) is 22.1 Å². The summed E-state index contributed by atoms with van der Waals surface area (Å²) in [5.74, 6) is -5.59. The van der Waals surface area contributed by atoms with Crippen LogP contribution >= 0.6 is 0 Å². The molecule has 1 unspecified atom stereocenters. The number of pyridine rings is 1. The van der Waals surface area contributed by atoms with Crippen LogP contribution in [0.4, 0.5) is 17.6 Å². The van der Waals surface area contributed by atoms with E-state index in [1.807, 2.05) is 0 Å². The number of nitrogens with zero attached hydrogens (tertiary/aromatic N) is 1. The quantitative estimate of drug-likeness (QED) is 0.193. The van der Waals surface area contributed by atoms with Crippen molar-refractivity contribution < 1.29 is 22.3 Å². The van der Waals surface area contributed by atoms with Gasteiger partial charge in [-0.15, -0.1) is 0 Å². The summed E-state index contributed by atoms with van der Waals surface area (Å²) in [4.78, 5) is 4.16. The first kappa shape index (κ1) is 27.5. The van der Waals surface area contributed by atoms with Gasteiger partial charge in [-0.25, -0.2) is 22.5 Å². The zero-order valence-electron chi connectivity index (χ0n) is 21.2. The molecule has 0 spiro atoms. The predicted molar refractivity (Wildman–Crippen MR) is 133 cm³/mol. The van der Waals surface area contributed by atoms with E-state index in [0.29, 0.717) is 18.9 Å². The second-order valence-electron chi connectivity index (χ2n) is 9.78. The molecule has 0 saturated heterocycles. The summed E-state index contributed by atoms with van der Waals surface area (Å²) in [5, 5.41) is 0. The van der Waals surface area contributed by atoms with Gasteiger partial charge in [0.15, 0.2) is 0 Å². The number of ether oxygens (including phenoxy) is 1. The Balaban J connectivity index is 1.69. The molecule has 2 aromatic rings. The van der Waals surface area contributed by atoms with E-state index in [2.05, 4.69) is 18.8 Å². The molecule has 0 aliphatic heterocycles. The molecule has 1 aromatic carbocycles. The molecule has 3 rings (SSSR count). The highest BCUT2D eigenvalue weighted by atomic mass is 19.3. The average molecular weight is 494 g/mol. The van der Waals surface area contributed by atoms with Gasteiger partial charge < -0.3 is 4.74 Å². The second-order valence-corrected chi connectivity index (χ2v) is 9.78. The van der Waals surface area contributed by atoms with Crippen molar-refractivity contribution in [2.45, 2.75) is 103 Å². The number of fused-ring (bicyclic) bond motifs is 1. The smallest absolute Gasteiger partial charge is 0.276 e. The highest BCUT2D eigenvalue weighted by Gasteiger charge is 2.46. The molecule has 0 N–H and O–H groups in total. The summed E-state index contributed by atoms with van der Waals surface area (Å²) in [6, 6.07) is 3.95. The number of unbranched alkanes of at least 4 members (excludes halogenated alkanes) is 8. The number of benzene rings is 1. The lowest BCUT2D eigenvalue weighted by Gasteiger charge is -2.34. The minimum absolute atomic E-state index is 0.0677. The summed E-state index contributed by atoms with van der Waals surface area (Å²) < 4.78 is 66.5. The van der Waals surface area contributed by atoms with Crippen LogP contribution in [0.2, 0.25) is 0 Å². The number of hydrogen-bond acceptors (Lipinski definition) is 2. The molecule has 1 atom stereocenters. The molecule has 2 nitrogen and oxygen atoms in total. The third kappa shape index (κ3) is 6.98. The van der Waals surface area contributed by atoms with Crippen molar-refractivity contribution in [1.82, 2.24) is 4.98 Å². The van der Waals surface area contributed by atoms with Crippen LogP contribution in [0.5, 0.6) is 5.88 Å². The first-order valence-electron chi connectivity index (χ1n) is 13.4. The highest BCUT2D eigenvalue weighted by Crippen LogP contribution is 2.48. The fourth-order valence-corrected chi connectivity index (χ4v) is 5.00. The Bertz CT molecular complexity index is 929. The van der Waals surface area contributed by atoms with Crippen molar-refractivity contribution in [1.29, 1.82) is 0 Å². The first-order valence-corrected chi connectivity index (χ1v) is 13.4. The molecule has 1 aliphatic carbocycles. The van der Waals surface area contributed by atoms with Gasteiger partial charge in [-0.05, 0) is 43.4 Å². The fraction of sp³-hybridized carbons (Fsp3) is 0.621. The van der Waals surface area contributed by atoms with Gasteiger partial charge in [0, 0.05) is 29.3 Å². The van der Waals surface area contributed by atoms with Crippen LogP contribution < -0.4 is 4.74 Å². The SMILES string of the molecule is CCCCCCCCC1CCc2c(cc(F)c(-c3ccc(OCCCCCC)nc3)c2F)C1(F)F.